The zero-order chi connectivity index (χ0) is 13.7. The Morgan fingerprint density at radius 1 is 1.28 bits per heavy atom. The number of carboxylic acid groups (broad SMARTS) is 1. The summed E-state index contributed by atoms with van der Waals surface area (Å²) in [6.07, 6.45) is 1.90. The molecular formula is C12H20N2O4. The van der Waals surface area contributed by atoms with E-state index in [2.05, 4.69) is 5.32 Å². The number of aliphatic carboxylic acids is 1. The molecule has 18 heavy (non-hydrogen) atoms. The van der Waals surface area contributed by atoms with E-state index in [4.69, 9.17) is 5.11 Å². The van der Waals surface area contributed by atoms with Gasteiger partial charge in [0.25, 0.3) is 0 Å². The van der Waals surface area contributed by atoms with Gasteiger partial charge in [-0.15, -0.1) is 0 Å². The monoisotopic (exact) mass is 256 g/mol. The predicted octanol–water partition coefficient (Wildman–Crippen LogP) is 0.0818. The molecule has 0 radical (unpaired) electrons. The summed E-state index contributed by atoms with van der Waals surface area (Å²) in [7, 11) is 1.51. The third-order valence-electron chi connectivity index (χ3n) is 3.46. The Morgan fingerprint density at radius 2 is 1.89 bits per heavy atom. The molecule has 1 rings (SSSR count). The maximum absolute atomic E-state index is 12.2. The maximum atomic E-state index is 12.2. The molecule has 1 saturated carbocycles. The van der Waals surface area contributed by atoms with Gasteiger partial charge in [0.15, 0.2) is 0 Å². The number of hydrogen-bond donors (Lipinski definition) is 2. The summed E-state index contributed by atoms with van der Waals surface area (Å²) < 4.78 is 0. The molecule has 102 valence electrons. The molecule has 0 aliphatic heterocycles. The summed E-state index contributed by atoms with van der Waals surface area (Å²) in [5.41, 5.74) is 0. The van der Waals surface area contributed by atoms with E-state index in [0.717, 1.165) is 6.42 Å². The van der Waals surface area contributed by atoms with Gasteiger partial charge in [0.1, 0.15) is 0 Å². The van der Waals surface area contributed by atoms with Crippen LogP contribution in [0.1, 0.15) is 26.2 Å². The minimum atomic E-state index is -0.915. The summed E-state index contributed by atoms with van der Waals surface area (Å²) in [5.74, 6) is -2.45. The van der Waals surface area contributed by atoms with Gasteiger partial charge >= 0.3 is 5.97 Å². The maximum Gasteiger partial charge on any atom is 0.307 e. The molecule has 6 heteroatoms. The number of nitrogens with one attached hydrogen (secondary N) is 1. The van der Waals surface area contributed by atoms with E-state index >= 15 is 0 Å². The first-order valence-electron chi connectivity index (χ1n) is 6.23. The average molecular weight is 256 g/mol. The quantitative estimate of drug-likeness (QED) is 0.729. The number of carbonyl (C=O) groups excluding carboxylic acids is 2. The smallest absolute Gasteiger partial charge is 0.307 e. The van der Waals surface area contributed by atoms with Crippen molar-refractivity contribution in [1.29, 1.82) is 0 Å². The lowest BCUT2D eigenvalue weighted by atomic mass is 9.94. The van der Waals surface area contributed by atoms with Crippen molar-refractivity contribution >= 4 is 17.8 Å². The minimum Gasteiger partial charge on any atom is -0.481 e. The van der Waals surface area contributed by atoms with E-state index in [-0.39, 0.29) is 18.4 Å². The third kappa shape index (κ3) is 3.21. The predicted molar refractivity (Wildman–Crippen MR) is 64.8 cm³/mol. The van der Waals surface area contributed by atoms with Gasteiger partial charge < -0.3 is 15.3 Å². The van der Waals surface area contributed by atoms with E-state index in [9.17, 15) is 14.4 Å². The Kier molecular flexibility index (Phi) is 5.12. The van der Waals surface area contributed by atoms with E-state index in [1.54, 1.807) is 6.92 Å². The Hall–Kier alpha value is -1.59. The van der Waals surface area contributed by atoms with Gasteiger partial charge in [0, 0.05) is 13.6 Å². The number of rotatable bonds is 5. The van der Waals surface area contributed by atoms with Crippen molar-refractivity contribution in [3.63, 3.8) is 0 Å². The molecule has 0 aromatic carbocycles. The first-order valence-corrected chi connectivity index (χ1v) is 6.23. The fourth-order valence-electron chi connectivity index (χ4n) is 2.38. The minimum absolute atomic E-state index is 0.00529. The molecule has 0 aromatic rings. The highest BCUT2D eigenvalue weighted by atomic mass is 16.4. The van der Waals surface area contributed by atoms with Crippen molar-refractivity contribution in [2.24, 2.45) is 11.8 Å². The van der Waals surface area contributed by atoms with Crippen molar-refractivity contribution < 1.29 is 19.5 Å². The lowest BCUT2D eigenvalue weighted by Crippen LogP contribution is -2.44. The normalized spacial score (nSPS) is 22.6. The van der Waals surface area contributed by atoms with Crippen LogP contribution in [-0.2, 0) is 14.4 Å². The van der Waals surface area contributed by atoms with Gasteiger partial charge in [-0.3, -0.25) is 14.4 Å². The molecule has 0 saturated heterocycles. The van der Waals surface area contributed by atoms with E-state index in [0.29, 0.717) is 19.4 Å². The van der Waals surface area contributed by atoms with Crippen LogP contribution in [-0.4, -0.2) is 47.9 Å². The van der Waals surface area contributed by atoms with Gasteiger partial charge in [0.2, 0.25) is 11.8 Å². The Balaban J connectivity index is 2.71. The van der Waals surface area contributed by atoms with Crippen molar-refractivity contribution in [2.75, 3.05) is 20.1 Å². The van der Waals surface area contributed by atoms with Crippen LogP contribution in [0.3, 0.4) is 0 Å². The largest absolute Gasteiger partial charge is 0.481 e. The number of hydrogen-bond acceptors (Lipinski definition) is 3. The molecule has 0 aromatic heterocycles. The molecular weight excluding hydrogens is 236 g/mol. The highest BCUT2D eigenvalue weighted by Gasteiger charge is 2.39. The second-order valence-corrected chi connectivity index (χ2v) is 4.51. The third-order valence-corrected chi connectivity index (χ3v) is 3.46. The zero-order valence-electron chi connectivity index (χ0n) is 10.8. The number of carbonyl (C=O) groups is 3. The molecule has 0 bridgehead atoms. The van der Waals surface area contributed by atoms with Crippen LogP contribution < -0.4 is 5.32 Å². The van der Waals surface area contributed by atoms with Gasteiger partial charge in [-0.05, 0) is 19.8 Å². The lowest BCUT2D eigenvalue weighted by molar-refractivity contribution is -0.149. The summed E-state index contributed by atoms with van der Waals surface area (Å²) in [6.45, 7) is 2.19. The molecule has 0 spiro atoms. The molecule has 1 aliphatic rings. The number of amides is 2. The van der Waals surface area contributed by atoms with E-state index < -0.39 is 17.8 Å². The van der Waals surface area contributed by atoms with Crippen LogP contribution in [0.5, 0.6) is 0 Å². The second kappa shape index (κ2) is 6.37. The van der Waals surface area contributed by atoms with Crippen LogP contribution in [0, 0.1) is 11.8 Å². The van der Waals surface area contributed by atoms with Crippen LogP contribution in [0.2, 0.25) is 0 Å². The van der Waals surface area contributed by atoms with Gasteiger partial charge in [-0.25, -0.2) is 0 Å². The summed E-state index contributed by atoms with van der Waals surface area (Å²) in [6, 6.07) is 0. The second-order valence-electron chi connectivity index (χ2n) is 4.51. The SMILES string of the molecule is CCN(CC(=O)NC)C(=O)[C@@H]1CCC[C@@H]1C(=O)O. The number of carboxylic acids is 1. The molecule has 0 unspecified atom stereocenters. The van der Waals surface area contributed by atoms with Crippen molar-refractivity contribution in [1.82, 2.24) is 10.2 Å². The first kappa shape index (κ1) is 14.5. The van der Waals surface area contributed by atoms with Crippen LogP contribution in [0.4, 0.5) is 0 Å². The van der Waals surface area contributed by atoms with E-state index in [1.807, 2.05) is 0 Å². The van der Waals surface area contributed by atoms with Crippen molar-refractivity contribution in [3.8, 4) is 0 Å². The van der Waals surface area contributed by atoms with E-state index in [1.165, 1.54) is 11.9 Å². The molecule has 2 atom stereocenters. The Labute approximate surface area is 106 Å². The van der Waals surface area contributed by atoms with Crippen LogP contribution in [0.25, 0.3) is 0 Å². The average Bonchev–Trinajstić information content (AvgIpc) is 2.83. The zero-order valence-corrected chi connectivity index (χ0v) is 10.8. The fourth-order valence-corrected chi connectivity index (χ4v) is 2.38. The van der Waals surface area contributed by atoms with Gasteiger partial charge in [0.05, 0.1) is 18.4 Å². The highest BCUT2D eigenvalue weighted by Crippen LogP contribution is 2.33. The van der Waals surface area contributed by atoms with Crippen LogP contribution in [0.15, 0.2) is 0 Å². The summed E-state index contributed by atoms with van der Waals surface area (Å²) in [5, 5.41) is 11.5. The Morgan fingerprint density at radius 3 is 2.39 bits per heavy atom. The van der Waals surface area contributed by atoms with Crippen molar-refractivity contribution in [3.05, 3.63) is 0 Å². The van der Waals surface area contributed by atoms with Crippen molar-refractivity contribution in [2.45, 2.75) is 26.2 Å². The molecule has 2 amide bonds. The van der Waals surface area contributed by atoms with Gasteiger partial charge in [-0.1, -0.05) is 6.42 Å². The van der Waals surface area contributed by atoms with Gasteiger partial charge in [-0.2, -0.15) is 0 Å². The number of likely N-dealkylation sites (N-methyl/N-ethyl adjacent to an activating group) is 2. The first-order chi connectivity index (χ1) is 8.51. The lowest BCUT2D eigenvalue weighted by Gasteiger charge is -2.25. The topological polar surface area (TPSA) is 86.7 Å². The molecule has 0 heterocycles. The van der Waals surface area contributed by atoms with Crippen LogP contribution >= 0.6 is 0 Å². The number of nitrogens with zero attached hydrogens (tertiary/aromatic N) is 1. The Bertz CT molecular complexity index is 343. The molecule has 6 nitrogen and oxygen atoms in total. The fraction of sp³-hybridized carbons (Fsp3) is 0.750. The molecule has 1 fully saturated rings. The summed E-state index contributed by atoms with van der Waals surface area (Å²) >= 11 is 0. The molecule has 1 aliphatic carbocycles. The standard InChI is InChI=1S/C12H20N2O4/c1-3-14(7-10(15)13-2)11(16)8-5-4-6-9(8)12(17)18/h8-9H,3-7H2,1-2H3,(H,13,15)(H,17,18)/t8-,9+/m1/s1. The summed E-state index contributed by atoms with van der Waals surface area (Å²) in [4.78, 5) is 36.0. The molecule has 2 N–H and O–H groups in total. The highest BCUT2D eigenvalue weighted by molar-refractivity contribution is 5.88.